The zero-order valence-electron chi connectivity index (χ0n) is 13.5. The van der Waals surface area contributed by atoms with E-state index in [2.05, 4.69) is 26.5 Å². The molecule has 2 heterocycles. The summed E-state index contributed by atoms with van der Waals surface area (Å²) in [5.74, 6) is -0.149. The summed E-state index contributed by atoms with van der Waals surface area (Å²) in [6, 6.07) is 0. The van der Waals surface area contributed by atoms with Crippen LogP contribution in [0.5, 0.6) is 0 Å². The summed E-state index contributed by atoms with van der Waals surface area (Å²) >= 11 is 0. The smallest absolute Gasteiger partial charge is 0.311 e. The van der Waals surface area contributed by atoms with Crippen LogP contribution in [0.3, 0.4) is 0 Å². The number of carbonyl (C=O) groups is 1. The number of hydrogen-bond acceptors (Lipinski definition) is 4. The Bertz CT molecular complexity index is 454. The largest absolute Gasteiger partial charge is 0.469 e. The Hall–Kier alpha value is -1.29. The SMILES string of the molecule is C=C1C[C@H](C)[C@@H]([C@@H](C)C(=O)OC)O[C@@]12CCC=C(CC)O2. The molecule has 2 aliphatic heterocycles. The first-order chi connectivity index (χ1) is 9.93. The number of carbonyl (C=O) groups excluding carboxylic acids is 1. The van der Waals surface area contributed by atoms with Gasteiger partial charge in [0.15, 0.2) is 0 Å². The highest BCUT2D eigenvalue weighted by Gasteiger charge is 2.48. The van der Waals surface area contributed by atoms with Crippen LogP contribution in [-0.4, -0.2) is 25.0 Å². The van der Waals surface area contributed by atoms with E-state index in [0.29, 0.717) is 0 Å². The van der Waals surface area contributed by atoms with Gasteiger partial charge in [0, 0.05) is 12.8 Å². The molecule has 0 aromatic carbocycles. The van der Waals surface area contributed by atoms with E-state index in [4.69, 9.17) is 14.2 Å². The molecule has 0 bridgehead atoms. The molecule has 118 valence electrons. The van der Waals surface area contributed by atoms with E-state index < -0.39 is 5.79 Å². The third-order valence-corrected chi connectivity index (χ3v) is 4.55. The molecule has 21 heavy (non-hydrogen) atoms. The van der Waals surface area contributed by atoms with Crippen molar-refractivity contribution in [2.75, 3.05) is 7.11 Å². The van der Waals surface area contributed by atoms with Crippen molar-refractivity contribution in [2.24, 2.45) is 11.8 Å². The molecular weight excluding hydrogens is 268 g/mol. The van der Waals surface area contributed by atoms with Gasteiger partial charge in [-0.3, -0.25) is 4.79 Å². The summed E-state index contributed by atoms with van der Waals surface area (Å²) in [5.41, 5.74) is 0.974. The standard InChI is InChI=1S/C17H26O4/c1-6-14-8-7-9-17(20-14)12(3)10-11(2)15(21-17)13(4)16(18)19-5/h8,11,13,15H,3,6-7,9-10H2,1-2,4-5H3/t11-,13+,15-,17-/m0/s1. The van der Waals surface area contributed by atoms with Crippen LogP contribution in [0.1, 0.15) is 46.5 Å². The molecule has 0 unspecified atom stereocenters. The van der Waals surface area contributed by atoms with Crippen molar-refractivity contribution in [1.82, 2.24) is 0 Å². The maximum absolute atomic E-state index is 11.9. The van der Waals surface area contributed by atoms with E-state index in [1.54, 1.807) is 0 Å². The second-order valence-corrected chi connectivity index (χ2v) is 6.10. The first kappa shape index (κ1) is 16.1. The molecule has 0 N–H and O–H groups in total. The summed E-state index contributed by atoms with van der Waals surface area (Å²) in [6.45, 7) is 10.2. The molecule has 0 saturated carbocycles. The van der Waals surface area contributed by atoms with E-state index in [-0.39, 0.29) is 23.9 Å². The lowest BCUT2D eigenvalue weighted by molar-refractivity contribution is -0.260. The normalized spacial score (nSPS) is 34.1. The van der Waals surface area contributed by atoms with Crippen LogP contribution in [-0.2, 0) is 19.0 Å². The second kappa shape index (κ2) is 6.22. The topological polar surface area (TPSA) is 44.8 Å². The lowest BCUT2D eigenvalue weighted by Crippen LogP contribution is -2.51. The van der Waals surface area contributed by atoms with E-state index in [1.165, 1.54) is 7.11 Å². The third-order valence-electron chi connectivity index (χ3n) is 4.55. The number of esters is 1. The lowest BCUT2D eigenvalue weighted by Gasteiger charge is -2.48. The zero-order valence-corrected chi connectivity index (χ0v) is 13.5. The van der Waals surface area contributed by atoms with Gasteiger partial charge in [-0.15, -0.1) is 0 Å². The molecule has 0 radical (unpaired) electrons. The Morgan fingerprint density at radius 1 is 1.62 bits per heavy atom. The Balaban J connectivity index is 2.22. The van der Waals surface area contributed by atoms with Gasteiger partial charge in [-0.2, -0.15) is 0 Å². The number of methoxy groups -OCH3 is 1. The highest BCUT2D eigenvalue weighted by molar-refractivity contribution is 5.72. The van der Waals surface area contributed by atoms with Crippen molar-refractivity contribution < 1.29 is 19.0 Å². The molecule has 0 amide bonds. The second-order valence-electron chi connectivity index (χ2n) is 6.10. The van der Waals surface area contributed by atoms with Crippen LogP contribution in [0.2, 0.25) is 0 Å². The summed E-state index contributed by atoms with van der Waals surface area (Å²) in [5, 5.41) is 0. The average Bonchev–Trinajstić information content (AvgIpc) is 2.50. The van der Waals surface area contributed by atoms with E-state index in [0.717, 1.165) is 37.0 Å². The highest BCUT2D eigenvalue weighted by atomic mass is 16.7. The average molecular weight is 294 g/mol. The van der Waals surface area contributed by atoms with E-state index in [9.17, 15) is 4.79 Å². The molecule has 1 fully saturated rings. The minimum Gasteiger partial charge on any atom is -0.469 e. The fourth-order valence-electron chi connectivity index (χ4n) is 3.27. The van der Waals surface area contributed by atoms with Crippen molar-refractivity contribution in [3.63, 3.8) is 0 Å². The Morgan fingerprint density at radius 2 is 2.33 bits per heavy atom. The van der Waals surface area contributed by atoms with Crippen molar-refractivity contribution in [2.45, 2.75) is 58.3 Å². The maximum atomic E-state index is 11.9. The zero-order chi connectivity index (χ0) is 15.6. The fourth-order valence-corrected chi connectivity index (χ4v) is 3.27. The van der Waals surface area contributed by atoms with Crippen molar-refractivity contribution in [1.29, 1.82) is 0 Å². The molecule has 1 saturated heterocycles. The quantitative estimate of drug-likeness (QED) is 0.589. The summed E-state index contributed by atoms with van der Waals surface area (Å²) in [4.78, 5) is 11.9. The number of rotatable bonds is 3. The highest BCUT2D eigenvalue weighted by Crippen LogP contribution is 2.45. The molecule has 0 aromatic rings. The van der Waals surface area contributed by atoms with E-state index in [1.807, 2.05) is 6.92 Å². The first-order valence-electron chi connectivity index (χ1n) is 7.75. The van der Waals surface area contributed by atoms with Crippen LogP contribution in [0.4, 0.5) is 0 Å². The van der Waals surface area contributed by atoms with Gasteiger partial charge < -0.3 is 14.2 Å². The summed E-state index contributed by atoms with van der Waals surface area (Å²) in [7, 11) is 1.41. The monoisotopic (exact) mass is 294 g/mol. The molecule has 1 spiro atoms. The molecule has 0 aromatic heterocycles. The lowest BCUT2D eigenvalue weighted by atomic mass is 9.81. The predicted octanol–water partition coefficient (Wildman–Crippen LogP) is 3.58. The summed E-state index contributed by atoms with van der Waals surface area (Å²) < 4.78 is 17.3. The van der Waals surface area contributed by atoms with Gasteiger partial charge in [0.05, 0.1) is 24.9 Å². The molecule has 0 aliphatic carbocycles. The van der Waals surface area contributed by atoms with E-state index >= 15 is 0 Å². The molecule has 4 atom stereocenters. The number of hydrogen-bond donors (Lipinski definition) is 0. The Morgan fingerprint density at radius 3 is 2.95 bits per heavy atom. The van der Waals surface area contributed by atoms with Crippen LogP contribution < -0.4 is 0 Å². The van der Waals surface area contributed by atoms with Gasteiger partial charge in [-0.05, 0) is 37.3 Å². The van der Waals surface area contributed by atoms with Crippen molar-refractivity contribution >= 4 is 5.97 Å². The Labute approximate surface area is 127 Å². The number of allylic oxidation sites excluding steroid dienone is 2. The minimum atomic E-state index is -0.764. The third kappa shape index (κ3) is 3.00. The molecule has 2 rings (SSSR count). The molecular formula is C17H26O4. The maximum Gasteiger partial charge on any atom is 0.311 e. The van der Waals surface area contributed by atoms with Crippen LogP contribution in [0.25, 0.3) is 0 Å². The summed E-state index contributed by atoms with van der Waals surface area (Å²) in [6.07, 6.45) is 5.22. The molecule has 2 aliphatic rings. The minimum absolute atomic E-state index is 0.209. The predicted molar refractivity (Wildman–Crippen MR) is 80.4 cm³/mol. The number of ether oxygens (including phenoxy) is 3. The van der Waals surface area contributed by atoms with Gasteiger partial charge in [-0.25, -0.2) is 0 Å². The van der Waals surface area contributed by atoms with Gasteiger partial charge in [-0.1, -0.05) is 20.4 Å². The Kier molecular flexibility index (Phi) is 4.77. The molecule has 4 heteroatoms. The van der Waals surface area contributed by atoms with Crippen LogP contribution >= 0.6 is 0 Å². The first-order valence-corrected chi connectivity index (χ1v) is 7.75. The van der Waals surface area contributed by atoms with Gasteiger partial charge in [0.1, 0.15) is 0 Å². The van der Waals surface area contributed by atoms with Gasteiger partial charge >= 0.3 is 5.97 Å². The molecule has 4 nitrogen and oxygen atoms in total. The fraction of sp³-hybridized carbons (Fsp3) is 0.706. The van der Waals surface area contributed by atoms with Gasteiger partial charge in [0.25, 0.3) is 0 Å². The van der Waals surface area contributed by atoms with Crippen molar-refractivity contribution in [3.8, 4) is 0 Å². The van der Waals surface area contributed by atoms with Crippen molar-refractivity contribution in [3.05, 3.63) is 24.0 Å². The van der Waals surface area contributed by atoms with Crippen LogP contribution in [0.15, 0.2) is 24.0 Å². The van der Waals surface area contributed by atoms with Crippen LogP contribution in [0, 0.1) is 11.8 Å². The van der Waals surface area contributed by atoms with Gasteiger partial charge in [0.2, 0.25) is 5.79 Å².